The molecule has 0 saturated heterocycles. The van der Waals surface area contributed by atoms with Crippen LogP contribution in [0.4, 0.5) is 0 Å². The first-order chi connectivity index (χ1) is 11.6. The van der Waals surface area contributed by atoms with E-state index in [4.69, 9.17) is 14.0 Å². The summed E-state index contributed by atoms with van der Waals surface area (Å²) in [5, 5.41) is -4.57. The predicted molar refractivity (Wildman–Crippen MR) is 109 cm³/mol. The number of thiol groups is 3. The van der Waals surface area contributed by atoms with Crippen molar-refractivity contribution in [3.63, 3.8) is 0 Å². The summed E-state index contributed by atoms with van der Waals surface area (Å²) >= 11 is 12.9. The van der Waals surface area contributed by atoms with E-state index in [1.54, 1.807) is 20.8 Å². The summed E-state index contributed by atoms with van der Waals surface area (Å²) in [5.74, 6) is 0. The Bertz CT molecular complexity index is 671. The minimum absolute atomic E-state index is 0.635. The number of aliphatic imine (C=N–C) groups is 6. The molecule has 0 aromatic rings. The lowest BCUT2D eigenvalue weighted by Gasteiger charge is -2.28. The molecule has 0 aromatic heterocycles. The Kier molecular flexibility index (Phi) is 4.99. The van der Waals surface area contributed by atoms with Crippen molar-refractivity contribution in [2.45, 2.75) is 36.3 Å². The van der Waals surface area contributed by atoms with Gasteiger partial charge in [0.25, 0.3) is 15.5 Å². The van der Waals surface area contributed by atoms with Crippen LogP contribution in [0, 0.1) is 0 Å². The molecule has 0 spiro atoms. The van der Waals surface area contributed by atoms with Crippen molar-refractivity contribution in [2.75, 3.05) is 0 Å². The lowest BCUT2D eigenvalue weighted by Crippen LogP contribution is -2.44. The third-order valence-corrected chi connectivity index (χ3v) is 3.95. The van der Waals surface area contributed by atoms with Crippen LogP contribution < -0.4 is 0 Å². The first-order valence-corrected chi connectivity index (χ1v) is 8.49. The third kappa shape index (κ3) is 4.60. The van der Waals surface area contributed by atoms with E-state index in [-0.39, 0.29) is 0 Å². The molecular weight excluding hydrogens is 383 g/mol. The maximum absolute atomic E-state index is 5.64. The van der Waals surface area contributed by atoms with Crippen LogP contribution in [0.15, 0.2) is 30.0 Å². The lowest BCUT2D eigenvalue weighted by molar-refractivity contribution is -0.00408. The van der Waals surface area contributed by atoms with Gasteiger partial charge in [0.1, 0.15) is 0 Å². The Morgan fingerprint density at radius 2 is 0.960 bits per heavy atom. The van der Waals surface area contributed by atoms with Crippen molar-refractivity contribution in [3.8, 4) is 0 Å². The van der Waals surface area contributed by atoms with E-state index in [0.29, 0.717) is 17.1 Å². The molecule has 9 nitrogen and oxygen atoms in total. The average molecular weight is 398 g/mol. The first kappa shape index (κ1) is 18.8. The molecule has 0 radical (unpaired) electrons. The fourth-order valence-electron chi connectivity index (χ4n) is 2.02. The van der Waals surface area contributed by atoms with Crippen LogP contribution in [0.3, 0.4) is 0 Å². The second kappa shape index (κ2) is 6.63. The van der Waals surface area contributed by atoms with E-state index in [2.05, 4.69) is 67.8 Å². The van der Waals surface area contributed by atoms with Crippen LogP contribution in [0.2, 0.25) is 0 Å². The minimum Gasteiger partial charge on any atom is -0.333 e. The van der Waals surface area contributed by atoms with Crippen LogP contribution in [-0.4, -0.2) is 58.6 Å². The molecule has 0 saturated carbocycles. The van der Waals surface area contributed by atoms with Gasteiger partial charge < -0.3 is 14.0 Å². The standard InChI is InChI=1S/C12H15BN6O3S3/c1-7-4-14-10(23,17-7)20-13(21-11(24)15-5-8(2)18-11)22-12(25)16-6-9(3)19-12/h4-6,23-25H,1-3H3. The zero-order valence-electron chi connectivity index (χ0n) is 13.6. The fourth-order valence-corrected chi connectivity index (χ4v) is 2.93. The number of hydrogen-bond donors (Lipinski definition) is 3. The molecule has 3 aliphatic heterocycles. The largest absolute Gasteiger partial charge is 0.650 e. The zero-order valence-corrected chi connectivity index (χ0v) is 16.2. The summed E-state index contributed by atoms with van der Waals surface area (Å²) < 4.78 is 16.9. The Hall–Kier alpha value is -0.985. The summed E-state index contributed by atoms with van der Waals surface area (Å²) in [4.78, 5) is 24.7. The Morgan fingerprint density at radius 1 is 0.680 bits per heavy atom. The Labute approximate surface area is 161 Å². The van der Waals surface area contributed by atoms with Crippen LogP contribution in [0.25, 0.3) is 0 Å². The SMILES string of the molecule is CC1=NC(S)(OB(OC2(S)N=CC(C)=N2)OC2(S)N=CC(C)=N2)N=C1. The van der Waals surface area contributed by atoms with Crippen molar-refractivity contribution in [3.05, 3.63) is 0 Å². The van der Waals surface area contributed by atoms with E-state index in [0.717, 1.165) is 0 Å². The van der Waals surface area contributed by atoms with Crippen molar-refractivity contribution in [1.82, 2.24) is 0 Å². The number of hydrogen-bond acceptors (Lipinski definition) is 12. The van der Waals surface area contributed by atoms with Crippen LogP contribution in [0.5, 0.6) is 0 Å². The van der Waals surface area contributed by atoms with Gasteiger partial charge in [-0.1, -0.05) is 37.9 Å². The molecule has 0 aliphatic carbocycles. The molecule has 0 fully saturated rings. The van der Waals surface area contributed by atoms with E-state index in [9.17, 15) is 0 Å². The molecule has 0 aromatic carbocycles. The topological polar surface area (TPSA) is 102 Å². The molecule has 0 bridgehead atoms. The molecule has 13 heteroatoms. The zero-order chi connectivity index (χ0) is 18.3. The first-order valence-electron chi connectivity index (χ1n) is 7.14. The highest BCUT2D eigenvalue weighted by atomic mass is 32.1. The molecule has 0 N–H and O–H groups in total. The van der Waals surface area contributed by atoms with Gasteiger partial charge in [-0.05, 0) is 20.8 Å². The number of rotatable bonds is 6. The maximum Gasteiger partial charge on any atom is 0.650 e. The summed E-state index contributed by atoms with van der Waals surface area (Å²) in [6, 6.07) is 0. The molecule has 3 heterocycles. The molecular formula is C12H15BN6O3S3. The molecule has 0 amide bonds. The summed E-state index contributed by atoms with van der Waals surface area (Å²) in [6.07, 6.45) is 4.55. The van der Waals surface area contributed by atoms with Gasteiger partial charge in [0.05, 0.1) is 17.1 Å². The van der Waals surface area contributed by atoms with Gasteiger partial charge in [-0.15, -0.1) is 0 Å². The van der Waals surface area contributed by atoms with E-state index in [1.807, 2.05) is 0 Å². The van der Waals surface area contributed by atoms with E-state index >= 15 is 0 Å². The average Bonchev–Trinajstić information content (AvgIpc) is 3.09. The highest BCUT2D eigenvalue weighted by Gasteiger charge is 2.47. The maximum atomic E-state index is 5.64. The Balaban J connectivity index is 1.81. The van der Waals surface area contributed by atoms with Crippen molar-refractivity contribution in [2.24, 2.45) is 30.0 Å². The molecule has 3 rings (SSSR count). The molecule has 25 heavy (non-hydrogen) atoms. The third-order valence-electron chi connectivity index (χ3n) is 2.99. The highest BCUT2D eigenvalue weighted by molar-refractivity contribution is 7.82. The van der Waals surface area contributed by atoms with Gasteiger partial charge in [0.15, 0.2) is 0 Å². The highest BCUT2D eigenvalue weighted by Crippen LogP contribution is 2.33. The molecule has 3 aliphatic rings. The fraction of sp³-hybridized carbons (Fsp3) is 0.500. The van der Waals surface area contributed by atoms with Crippen LogP contribution in [0.1, 0.15) is 20.8 Å². The quantitative estimate of drug-likeness (QED) is 0.357. The van der Waals surface area contributed by atoms with Crippen molar-refractivity contribution in [1.29, 1.82) is 0 Å². The monoisotopic (exact) mass is 398 g/mol. The molecule has 132 valence electrons. The second-order valence-electron chi connectivity index (χ2n) is 5.40. The van der Waals surface area contributed by atoms with E-state index < -0.39 is 22.9 Å². The van der Waals surface area contributed by atoms with Gasteiger partial charge in [0.2, 0.25) is 0 Å². The normalized spacial score (nSPS) is 36.0. The van der Waals surface area contributed by atoms with E-state index in [1.165, 1.54) is 18.6 Å². The lowest BCUT2D eigenvalue weighted by atomic mass is 10.2. The minimum atomic E-state index is -1.52. The van der Waals surface area contributed by atoms with Gasteiger partial charge in [-0.25, -0.2) is 30.0 Å². The van der Waals surface area contributed by atoms with Crippen molar-refractivity contribution < 1.29 is 14.0 Å². The Morgan fingerprint density at radius 3 is 1.16 bits per heavy atom. The second-order valence-corrected chi connectivity index (χ2v) is 7.15. The summed E-state index contributed by atoms with van der Waals surface area (Å²) in [5.41, 5.74) is 1.90. The summed E-state index contributed by atoms with van der Waals surface area (Å²) in [6.45, 7) is 5.27. The van der Waals surface area contributed by atoms with Crippen LogP contribution in [-0.2, 0) is 14.0 Å². The number of nitrogens with zero attached hydrogens (tertiary/aromatic N) is 6. The van der Waals surface area contributed by atoms with Gasteiger partial charge in [0, 0.05) is 18.6 Å². The summed E-state index contributed by atoms with van der Waals surface area (Å²) in [7, 11) is -1.42. The van der Waals surface area contributed by atoms with Crippen molar-refractivity contribution >= 4 is 81.0 Å². The van der Waals surface area contributed by atoms with Gasteiger partial charge in [-0.3, -0.25) is 0 Å². The molecule has 3 unspecified atom stereocenters. The molecule has 3 atom stereocenters. The van der Waals surface area contributed by atoms with Crippen LogP contribution >= 0.6 is 37.9 Å². The smallest absolute Gasteiger partial charge is 0.333 e. The van der Waals surface area contributed by atoms with Gasteiger partial charge >= 0.3 is 7.32 Å². The predicted octanol–water partition coefficient (Wildman–Crippen LogP) is 1.28. The van der Waals surface area contributed by atoms with Gasteiger partial charge in [-0.2, -0.15) is 0 Å².